The van der Waals surface area contributed by atoms with Gasteiger partial charge in [0.05, 0.1) is 0 Å². The van der Waals surface area contributed by atoms with Crippen molar-refractivity contribution >= 4 is 34.7 Å². The minimum absolute atomic E-state index is 0.115. The number of hydrogen-bond donors (Lipinski definition) is 0. The van der Waals surface area contributed by atoms with Crippen LogP contribution in [-0.4, -0.2) is 11.9 Å². The Balaban J connectivity index is 3.06. The van der Waals surface area contributed by atoms with Gasteiger partial charge in [0.15, 0.2) is 0 Å². The third kappa shape index (κ3) is 3.69. The largest absolute Gasteiger partial charge is 0.310 e. The summed E-state index contributed by atoms with van der Waals surface area (Å²) in [4.78, 5) is 12.9. The van der Waals surface area contributed by atoms with E-state index in [0.29, 0.717) is 0 Å². The Morgan fingerprint density at radius 2 is 1.53 bits per heavy atom. The highest BCUT2D eigenvalue weighted by molar-refractivity contribution is 14.1. The fraction of sp³-hybridized carbons (Fsp3) is 0.500. The molecule has 0 aromatic heterocycles. The molecule has 0 spiro atoms. The number of nitrogens with zero attached hydrogens (tertiary/aromatic N) is 1. The Morgan fingerprint density at radius 3 is 1.82 bits per heavy atom. The fourth-order valence-electron chi connectivity index (χ4n) is 1.62. The third-order valence-corrected chi connectivity index (χ3v) is 3.28. The summed E-state index contributed by atoms with van der Waals surface area (Å²) in [5.41, 5.74) is 2.02. The Labute approximate surface area is 118 Å². The maximum Gasteiger partial charge on any atom is 0.214 e. The zero-order valence-electron chi connectivity index (χ0n) is 11.1. The highest BCUT2D eigenvalue weighted by Gasteiger charge is 2.22. The summed E-state index contributed by atoms with van der Waals surface area (Å²) in [7, 11) is 0. The van der Waals surface area contributed by atoms with Gasteiger partial charge in [-0.15, -0.1) is 0 Å². The zero-order valence-corrected chi connectivity index (χ0v) is 13.3. The summed E-state index contributed by atoms with van der Waals surface area (Å²) in [5, 5.41) is 0. The summed E-state index contributed by atoms with van der Waals surface area (Å²) in [6.07, 6.45) is 0.893. The second kappa shape index (κ2) is 4.96. The van der Waals surface area contributed by atoms with Gasteiger partial charge in [-0.05, 0) is 52.3 Å². The van der Waals surface area contributed by atoms with Crippen LogP contribution in [0.4, 0.5) is 5.69 Å². The van der Waals surface area contributed by atoms with Crippen LogP contribution in [-0.2, 0) is 8.22 Å². The molecule has 1 aromatic carbocycles. The van der Waals surface area contributed by atoms with Gasteiger partial charge in [0.25, 0.3) is 0 Å². The van der Waals surface area contributed by atoms with Crippen LogP contribution in [0.3, 0.4) is 0 Å². The Morgan fingerprint density at radius 1 is 1.06 bits per heavy atom. The Hall–Kier alpha value is -0.580. The number of benzene rings is 1. The van der Waals surface area contributed by atoms with Gasteiger partial charge in [-0.25, -0.2) is 0 Å². The predicted octanol–water partition coefficient (Wildman–Crippen LogP) is 4.12. The summed E-state index contributed by atoms with van der Waals surface area (Å²) in [5.74, 6) is 0. The molecule has 0 unspecified atom stereocenters. The van der Waals surface area contributed by atoms with E-state index in [1.165, 1.54) is 5.56 Å². The zero-order chi connectivity index (χ0) is 13.3. The van der Waals surface area contributed by atoms with Crippen LogP contribution in [0.2, 0.25) is 0 Å². The van der Waals surface area contributed by atoms with Crippen LogP contribution in [0.15, 0.2) is 24.3 Å². The molecule has 1 aromatic rings. The molecule has 0 radical (unpaired) electrons. The first-order valence-electron chi connectivity index (χ1n) is 5.70. The molecule has 94 valence electrons. The van der Waals surface area contributed by atoms with E-state index in [9.17, 15) is 4.79 Å². The van der Waals surface area contributed by atoms with E-state index in [1.807, 2.05) is 32.9 Å². The van der Waals surface area contributed by atoms with Gasteiger partial charge >= 0.3 is 0 Å². The number of carbonyl (C=O) groups excluding carboxylic acids is 1. The fourth-order valence-corrected chi connectivity index (χ4v) is 1.98. The van der Waals surface area contributed by atoms with Gasteiger partial charge in [-0.2, -0.15) is 0 Å². The number of carbonyl (C=O) groups is 1. The van der Waals surface area contributed by atoms with E-state index >= 15 is 0 Å². The maximum atomic E-state index is 11.2. The minimum atomic E-state index is -0.191. The Bertz CT molecular complexity index is 384. The third-order valence-electron chi connectivity index (χ3n) is 2.66. The van der Waals surface area contributed by atoms with Crippen LogP contribution < -0.4 is 4.90 Å². The van der Waals surface area contributed by atoms with Gasteiger partial charge < -0.3 is 4.90 Å². The molecule has 0 aliphatic rings. The number of alkyl halides is 1. The molecule has 0 saturated carbocycles. The van der Waals surface area contributed by atoms with Crippen molar-refractivity contribution in [2.24, 2.45) is 0 Å². The lowest BCUT2D eigenvalue weighted by Gasteiger charge is -2.32. The molecule has 0 bridgehead atoms. The van der Waals surface area contributed by atoms with Gasteiger partial charge in [-0.3, -0.25) is 4.79 Å². The van der Waals surface area contributed by atoms with E-state index in [-0.39, 0.29) is 8.96 Å². The normalized spacial score (nSPS) is 12.4. The summed E-state index contributed by atoms with van der Waals surface area (Å²) in [6.45, 7) is 10.4. The molecule has 2 nitrogen and oxygen atoms in total. The number of hydrogen-bond acceptors (Lipinski definition) is 1. The van der Waals surface area contributed by atoms with Gasteiger partial charge in [0.1, 0.15) is 0 Å². The predicted molar refractivity (Wildman–Crippen MR) is 81.8 cm³/mol. The highest BCUT2D eigenvalue weighted by atomic mass is 127. The second-order valence-electron chi connectivity index (χ2n) is 5.67. The molecule has 0 saturated heterocycles. The van der Waals surface area contributed by atoms with Crippen molar-refractivity contribution in [3.8, 4) is 0 Å². The first-order chi connectivity index (χ1) is 7.66. The first kappa shape index (κ1) is 14.5. The number of anilines is 1. The average Bonchev–Trinajstić information content (AvgIpc) is 2.16. The maximum absolute atomic E-state index is 11.2. The van der Waals surface area contributed by atoms with Crippen LogP contribution >= 0.6 is 22.6 Å². The average molecular weight is 345 g/mol. The molecule has 0 heterocycles. The molecular weight excluding hydrogens is 325 g/mol. The Kier molecular flexibility index (Phi) is 4.23. The minimum Gasteiger partial charge on any atom is -0.310 e. The molecule has 0 aliphatic heterocycles. The topological polar surface area (TPSA) is 20.3 Å². The first-order valence-corrected chi connectivity index (χ1v) is 6.78. The molecule has 0 atom stereocenters. The van der Waals surface area contributed by atoms with Gasteiger partial charge in [-0.1, -0.05) is 34.7 Å². The lowest BCUT2D eigenvalue weighted by molar-refractivity contribution is -0.108. The van der Waals surface area contributed by atoms with E-state index in [2.05, 4.69) is 48.6 Å². The summed E-state index contributed by atoms with van der Waals surface area (Å²) in [6, 6.07) is 8.19. The van der Waals surface area contributed by atoms with Crippen LogP contribution in [0, 0.1) is 0 Å². The molecule has 0 N–H and O–H groups in total. The molecule has 1 rings (SSSR count). The van der Waals surface area contributed by atoms with Crippen LogP contribution in [0.25, 0.3) is 0 Å². The van der Waals surface area contributed by atoms with Crippen molar-refractivity contribution in [1.29, 1.82) is 0 Å². The highest BCUT2D eigenvalue weighted by Crippen LogP contribution is 2.32. The number of amides is 1. The monoisotopic (exact) mass is 345 g/mol. The number of halogens is 1. The van der Waals surface area contributed by atoms with Crippen molar-refractivity contribution in [2.75, 3.05) is 4.90 Å². The van der Waals surface area contributed by atoms with Crippen molar-refractivity contribution in [1.82, 2.24) is 0 Å². The van der Waals surface area contributed by atoms with Crippen molar-refractivity contribution < 1.29 is 4.79 Å². The molecule has 17 heavy (non-hydrogen) atoms. The summed E-state index contributed by atoms with van der Waals surface area (Å²) >= 11 is 2.41. The lowest BCUT2D eigenvalue weighted by atomic mass is 10.0. The summed E-state index contributed by atoms with van der Waals surface area (Å²) < 4.78 is 0.115. The standard InChI is InChI=1S/C14H20INO/c1-13(2,3)16(10-17)12-8-6-11(7-9-12)14(4,5)15/h6-10H,1-5H3. The van der Waals surface area contributed by atoms with Gasteiger partial charge in [0.2, 0.25) is 6.41 Å². The van der Waals surface area contributed by atoms with E-state index in [0.717, 1.165) is 12.1 Å². The van der Waals surface area contributed by atoms with Crippen molar-refractivity contribution in [2.45, 2.75) is 43.6 Å². The number of rotatable bonds is 3. The van der Waals surface area contributed by atoms with Crippen molar-refractivity contribution in [3.05, 3.63) is 29.8 Å². The van der Waals surface area contributed by atoms with Crippen LogP contribution in [0.1, 0.15) is 40.2 Å². The van der Waals surface area contributed by atoms with Crippen molar-refractivity contribution in [3.63, 3.8) is 0 Å². The lowest BCUT2D eigenvalue weighted by Crippen LogP contribution is -2.40. The van der Waals surface area contributed by atoms with E-state index in [4.69, 9.17) is 0 Å². The molecule has 1 amide bonds. The SMILES string of the molecule is CC(C)(I)c1ccc(N(C=O)C(C)(C)C)cc1. The van der Waals surface area contributed by atoms with Crippen LogP contribution in [0.5, 0.6) is 0 Å². The molecule has 3 heteroatoms. The second-order valence-corrected chi connectivity index (χ2v) is 8.36. The molecule has 0 fully saturated rings. The van der Waals surface area contributed by atoms with Gasteiger partial charge in [0, 0.05) is 14.6 Å². The van der Waals surface area contributed by atoms with E-state index in [1.54, 1.807) is 4.90 Å². The smallest absolute Gasteiger partial charge is 0.214 e. The molecular formula is C14H20INO. The van der Waals surface area contributed by atoms with E-state index < -0.39 is 0 Å². The molecule has 0 aliphatic carbocycles. The quantitative estimate of drug-likeness (QED) is 0.459.